The van der Waals surface area contributed by atoms with Crippen LogP contribution in [0.4, 0.5) is 0 Å². The molecule has 0 radical (unpaired) electrons. The first-order valence-electron chi connectivity index (χ1n) is 7.57. The predicted octanol–water partition coefficient (Wildman–Crippen LogP) is 2.30. The summed E-state index contributed by atoms with van der Waals surface area (Å²) in [4.78, 5) is 0. The third-order valence-electron chi connectivity index (χ3n) is 3.50. The first kappa shape index (κ1) is 17.0. The minimum Gasteiger partial charge on any atom is -0.490 e. The smallest absolute Gasteiger partial charge is 0.137 e. The highest BCUT2D eigenvalue weighted by molar-refractivity contribution is 5.35. The van der Waals surface area contributed by atoms with E-state index in [1.807, 2.05) is 18.2 Å². The van der Waals surface area contributed by atoms with Gasteiger partial charge in [0.2, 0.25) is 0 Å². The van der Waals surface area contributed by atoms with E-state index in [-0.39, 0.29) is 5.54 Å². The van der Waals surface area contributed by atoms with Crippen LogP contribution in [-0.2, 0) is 0 Å². The summed E-state index contributed by atoms with van der Waals surface area (Å²) in [6, 6.07) is 8.12. The van der Waals surface area contributed by atoms with E-state index in [9.17, 15) is 5.11 Å². The van der Waals surface area contributed by atoms with Crippen LogP contribution in [0.3, 0.4) is 0 Å². The number of benzene rings is 1. The minimum atomic E-state index is -0.445. The van der Waals surface area contributed by atoms with E-state index in [4.69, 9.17) is 4.74 Å². The fourth-order valence-corrected chi connectivity index (χ4v) is 1.98. The van der Waals surface area contributed by atoms with Crippen molar-refractivity contribution in [1.82, 2.24) is 0 Å². The summed E-state index contributed by atoms with van der Waals surface area (Å²) in [5.74, 6) is 1.38. The Labute approximate surface area is 123 Å². The molecule has 0 aliphatic rings. The summed E-state index contributed by atoms with van der Waals surface area (Å²) in [6.07, 6.45) is 0.639. The van der Waals surface area contributed by atoms with Crippen molar-refractivity contribution in [2.24, 2.45) is 0 Å². The molecule has 0 unspecified atom stereocenters. The first-order chi connectivity index (χ1) is 9.33. The zero-order valence-electron chi connectivity index (χ0n) is 13.5. The molecule has 114 valence electrons. The Hall–Kier alpha value is -1.06. The molecule has 0 aliphatic heterocycles. The quantitative estimate of drug-likeness (QED) is 0.805. The Bertz CT molecular complexity index is 398. The molecule has 1 aromatic rings. The van der Waals surface area contributed by atoms with Crippen LogP contribution in [0, 0.1) is 0 Å². The number of rotatable bonds is 7. The fourth-order valence-electron chi connectivity index (χ4n) is 1.98. The third-order valence-corrected chi connectivity index (χ3v) is 3.50. The van der Waals surface area contributed by atoms with Crippen LogP contribution < -0.4 is 10.1 Å². The maximum atomic E-state index is 10.0. The Kier molecular flexibility index (Phi) is 6.50. The molecule has 3 N–H and O–H groups in total. The van der Waals surface area contributed by atoms with E-state index in [0.717, 1.165) is 12.2 Å². The van der Waals surface area contributed by atoms with E-state index in [2.05, 4.69) is 46.0 Å². The zero-order valence-corrected chi connectivity index (χ0v) is 13.5. The molecular weight excluding hydrogens is 250 g/mol. The van der Waals surface area contributed by atoms with E-state index in [0.29, 0.717) is 19.1 Å². The number of aliphatic hydroxyl groups is 1. The van der Waals surface area contributed by atoms with Crippen LogP contribution in [0.15, 0.2) is 24.3 Å². The van der Waals surface area contributed by atoms with Crippen molar-refractivity contribution in [1.29, 1.82) is 0 Å². The minimum absolute atomic E-state index is 0.135. The summed E-state index contributed by atoms with van der Waals surface area (Å²) in [5.41, 5.74) is 1.36. The van der Waals surface area contributed by atoms with Crippen LogP contribution in [0.2, 0.25) is 0 Å². The van der Waals surface area contributed by atoms with Gasteiger partial charge in [-0.1, -0.05) is 32.0 Å². The van der Waals surface area contributed by atoms with Crippen molar-refractivity contribution in [3.05, 3.63) is 29.8 Å². The summed E-state index contributed by atoms with van der Waals surface area (Å²) in [5, 5.41) is 12.1. The van der Waals surface area contributed by atoms with Crippen LogP contribution in [-0.4, -0.2) is 29.9 Å². The van der Waals surface area contributed by atoms with Gasteiger partial charge in [-0.2, -0.15) is 0 Å². The van der Waals surface area contributed by atoms with Crippen molar-refractivity contribution < 1.29 is 15.2 Å². The Morgan fingerprint density at radius 3 is 2.50 bits per heavy atom. The average molecular weight is 280 g/mol. The second-order valence-electron chi connectivity index (χ2n) is 6.62. The van der Waals surface area contributed by atoms with Gasteiger partial charge in [0.05, 0.1) is 5.54 Å². The number of para-hydroxylation sites is 1. The Morgan fingerprint density at radius 2 is 1.90 bits per heavy atom. The number of quaternary nitrogens is 1. The van der Waals surface area contributed by atoms with Crippen LogP contribution in [0.5, 0.6) is 5.75 Å². The second kappa shape index (κ2) is 7.65. The van der Waals surface area contributed by atoms with E-state index in [1.165, 1.54) is 5.56 Å². The highest BCUT2D eigenvalue weighted by atomic mass is 16.5. The van der Waals surface area contributed by atoms with Gasteiger partial charge in [0.25, 0.3) is 0 Å². The van der Waals surface area contributed by atoms with Gasteiger partial charge in [-0.3, -0.25) is 0 Å². The number of ether oxygens (including phenoxy) is 1. The van der Waals surface area contributed by atoms with Gasteiger partial charge in [0.1, 0.15) is 25.0 Å². The molecule has 0 spiro atoms. The summed E-state index contributed by atoms with van der Waals surface area (Å²) >= 11 is 0. The van der Waals surface area contributed by atoms with Crippen molar-refractivity contribution in [3.8, 4) is 5.75 Å². The second-order valence-corrected chi connectivity index (χ2v) is 6.62. The van der Waals surface area contributed by atoms with Crippen LogP contribution >= 0.6 is 0 Å². The van der Waals surface area contributed by atoms with Gasteiger partial charge in [-0.25, -0.2) is 0 Å². The maximum absolute atomic E-state index is 10.0. The standard InChI is InChI=1S/C17H29NO2/c1-6-13(2)15-9-7-8-10-16(15)20-12-14(19)11-18-17(3,4)5/h7-10,13-14,18-19H,6,11-12H2,1-5H3/p+1/t13-,14-/m0/s1. The van der Waals surface area contributed by atoms with Gasteiger partial charge in [0, 0.05) is 0 Å². The molecule has 0 saturated carbocycles. The molecule has 0 fully saturated rings. The first-order valence-corrected chi connectivity index (χ1v) is 7.57. The largest absolute Gasteiger partial charge is 0.490 e. The fraction of sp³-hybridized carbons (Fsp3) is 0.647. The molecule has 1 rings (SSSR count). The van der Waals surface area contributed by atoms with Gasteiger partial charge < -0.3 is 15.2 Å². The maximum Gasteiger partial charge on any atom is 0.137 e. The summed E-state index contributed by atoms with van der Waals surface area (Å²) < 4.78 is 5.82. The average Bonchev–Trinajstić information content (AvgIpc) is 2.41. The zero-order chi connectivity index (χ0) is 15.2. The van der Waals surface area contributed by atoms with Crippen molar-refractivity contribution in [2.45, 2.75) is 58.6 Å². The molecule has 0 aliphatic carbocycles. The molecule has 3 nitrogen and oxygen atoms in total. The van der Waals surface area contributed by atoms with E-state index >= 15 is 0 Å². The number of hydrogen-bond donors (Lipinski definition) is 2. The number of hydrogen-bond acceptors (Lipinski definition) is 2. The molecule has 0 saturated heterocycles. The van der Waals surface area contributed by atoms with E-state index in [1.54, 1.807) is 0 Å². The number of aliphatic hydroxyl groups excluding tert-OH is 1. The lowest BCUT2D eigenvalue weighted by Gasteiger charge is -2.20. The topological polar surface area (TPSA) is 46.1 Å². The molecule has 1 aromatic carbocycles. The molecule has 0 amide bonds. The number of nitrogens with two attached hydrogens (primary N) is 1. The van der Waals surface area contributed by atoms with E-state index < -0.39 is 6.10 Å². The van der Waals surface area contributed by atoms with Crippen molar-refractivity contribution >= 4 is 0 Å². The predicted molar refractivity (Wildman–Crippen MR) is 83.2 cm³/mol. The summed E-state index contributed by atoms with van der Waals surface area (Å²) in [7, 11) is 0. The van der Waals surface area contributed by atoms with Crippen molar-refractivity contribution in [2.75, 3.05) is 13.2 Å². The Balaban J connectivity index is 2.53. The van der Waals surface area contributed by atoms with Crippen LogP contribution in [0.25, 0.3) is 0 Å². The molecule has 0 aromatic heterocycles. The highest BCUT2D eigenvalue weighted by Gasteiger charge is 2.17. The molecule has 3 heteroatoms. The van der Waals surface area contributed by atoms with Gasteiger partial charge in [-0.05, 0) is 44.7 Å². The lowest BCUT2D eigenvalue weighted by molar-refractivity contribution is -0.722. The molecule has 0 heterocycles. The lowest BCUT2D eigenvalue weighted by atomic mass is 9.98. The summed E-state index contributed by atoms with van der Waals surface area (Å²) in [6.45, 7) is 11.8. The normalized spacial score (nSPS) is 14.9. The Morgan fingerprint density at radius 1 is 1.25 bits per heavy atom. The molecule has 20 heavy (non-hydrogen) atoms. The molecular formula is C17H30NO2+. The molecule has 0 bridgehead atoms. The SMILES string of the molecule is CC[C@H](C)c1ccccc1OC[C@@H](O)C[NH2+]C(C)(C)C. The van der Waals surface area contributed by atoms with Gasteiger partial charge >= 0.3 is 0 Å². The monoisotopic (exact) mass is 280 g/mol. The van der Waals surface area contributed by atoms with Crippen LogP contribution in [0.1, 0.15) is 52.5 Å². The highest BCUT2D eigenvalue weighted by Crippen LogP contribution is 2.28. The molecule has 2 atom stereocenters. The van der Waals surface area contributed by atoms with Gasteiger partial charge in [0.15, 0.2) is 0 Å². The van der Waals surface area contributed by atoms with Crippen molar-refractivity contribution in [3.63, 3.8) is 0 Å². The third kappa shape index (κ3) is 5.93. The lowest BCUT2D eigenvalue weighted by Crippen LogP contribution is -2.96. The van der Waals surface area contributed by atoms with Gasteiger partial charge in [-0.15, -0.1) is 0 Å².